The van der Waals surface area contributed by atoms with Gasteiger partial charge < -0.3 is 10.1 Å². The second-order valence-electron chi connectivity index (χ2n) is 3.96. The average molecular weight is 328 g/mol. The van der Waals surface area contributed by atoms with Crippen LogP contribution in [0.4, 0.5) is 8.78 Å². The van der Waals surface area contributed by atoms with Gasteiger partial charge in [-0.15, -0.1) is 0 Å². The third-order valence-corrected chi connectivity index (χ3v) is 3.00. The summed E-state index contributed by atoms with van der Waals surface area (Å²) in [4.78, 5) is 0. The summed E-state index contributed by atoms with van der Waals surface area (Å²) in [6, 6.07) is 8.72. The van der Waals surface area contributed by atoms with Crippen LogP contribution < -0.4 is 10.1 Å². The van der Waals surface area contributed by atoms with Gasteiger partial charge in [-0.2, -0.15) is 0 Å². The number of hydrogen-bond donors (Lipinski definition) is 1. The lowest BCUT2D eigenvalue weighted by molar-refractivity contribution is 0.432. The van der Waals surface area contributed by atoms with E-state index in [1.165, 1.54) is 6.07 Å². The topological polar surface area (TPSA) is 21.3 Å². The van der Waals surface area contributed by atoms with Crippen molar-refractivity contribution in [3.8, 4) is 11.5 Å². The van der Waals surface area contributed by atoms with Crippen LogP contribution in [0.15, 0.2) is 40.9 Å². The summed E-state index contributed by atoms with van der Waals surface area (Å²) in [6.45, 7) is 0.589. The maximum atomic E-state index is 13.6. The number of benzene rings is 2. The molecule has 5 heteroatoms. The van der Waals surface area contributed by atoms with Gasteiger partial charge in [0, 0.05) is 22.6 Å². The summed E-state index contributed by atoms with van der Waals surface area (Å²) in [5.41, 5.74) is 0.884. The van der Waals surface area contributed by atoms with Crippen LogP contribution in [0.1, 0.15) is 5.56 Å². The first-order valence-electron chi connectivity index (χ1n) is 5.66. The summed E-state index contributed by atoms with van der Waals surface area (Å²) < 4.78 is 32.7. The number of hydrogen-bond acceptors (Lipinski definition) is 2. The van der Waals surface area contributed by atoms with Crippen molar-refractivity contribution in [3.63, 3.8) is 0 Å². The molecular formula is C14H12BrF2NO. The molecule has 0 aliphatic heterocycles. The normalized spacial score (nSPS) is 10.5. The van der Waals surface area contributed by atoms with Gasteiger partial charge in [0.05, 0.1) is 0 Å². The molecule has 100 valence electrons. The first-order valence-corrected chi connectivity index (χ1v) is 6.45. The molecule has 0 aliphatic carbocycles. The van der Waals surface area contributed by atoms with Crippen LogP contribution in [0.25, 0.3) is 0 Å². The van der Waals surface area contributed by atoms with Gasteiger partial charge >= 0.3 is 0 Å². The van der Waals surface area contributed by atoms with Crippen LogP contribution in [-0.4, -0.2) is 7.05 Å². The summed E-state index contributed by atoms with van der Waals surface area (Å²) in [5.74, 6) is -0.837. The van der Waals surface area contributed by atoms with E-state index in [-0.39, 0.29) is 5.75 Å². The number of nitrogens with one attached hydrogen (secondary N) is 1. The zero-order chi connectivity index (χ0) is 13.8. The van der Waals surface area contributed by atoms with E-state index in [4.69, 9.17) is 4.74 Å². The van der Waals surface area contributed by atoms with Crippen molar-refractivity contribution in [2.45, 2.75) is 6.54 Å². The van der Waals surface area contributed by atoms with Crippen molar-refractivity contribution in [1.29, 1.82) is 0 Å². The minimum Gasteiger partial charge on any atom is -0.454 e. The zero-order valence-corrected chi connectivity index (χ0v) is 11.8. The van der Waals surface area contributed by atoms with Gasteiger partial charge in [-0.25, -0.2) is 8.78 Å². The number of halogens is 3. The predicted octanol–water partition coefficient (Wildman–Crippen LogP) is 4.24. The largest absolute Gasteiger partial charge is 0.454 e. The van der Waals surface area contributed by atoms with Gasteiger partial charge in [-0.1, -0.05) is 22.0 Å². The minimum absolute atomic E-state index is 0.00291. The second-order valence-corrected chi connectivity index (χ2v) is 4.87. The third-order valence-electron chi connectivity index (χ3n) is 2.51. The fourth-order valence-corrected chi connectivity index (χ4v) is 1.98. The molecule has 0 aliphatic rings. The second kappa shape index (κ2) is 6.12. The Morgan fingerprint density at radius 1 is 1.11 bits per heavy atom. The maximum absolute atomic E-state index is 13.6. The van der Waals surface area contributed by atoms with Crippen molar-refractivity contribution in [1.82, 2.24) is 5.32 Å². The van der Waals surface area contributed by atoms with Gasteiger partial charge in [0.25, 0.3) is 0 Å². The van der Waals surface area contributed by atoms with Crippen LogP contribution in [0.5, 0.6) is 11.5 Å². The van der Waals surface area contributed by atoms with E-state index in [1.54, 1.807) is 6.07 Å². The van der Waals surface area contributed by atoms with Crippen LogP contribution in [0.2, 0.25) is 0 Å². The molecule has 2 nitrogen and oxygen atoms in total. The highest BCUT2D eigenvalue weighted by Gasteiger charge is 2.10. The summed E-state index contributed by atoms with van der Waals surface area (Å²) in [6.07, 6.45) is 0. The quantitative estimate of drug-likeness (QED) is 0.906. The van der Waals surface area contributed by atoms with E-state index in [2.05, 4.69) is 21.2 Å². The first kappa shape index (κ1) is 14.0. The highest BCUT2D eigenvalue weighted by Crippen LogP contribution is 2.30. The third kappa shape index (κ3) is 3.52. The van der Waals surface area contributed by atoms with Crippen molar-refractivity contribution in [2.75, 3.05) is 7.05 Å². The van der Waals surface area contributed by atoms with Crippen LogP contribution in [0, 0.1) is 11.6 Å². The SMILES string of the molecule is CNCc1ccc(Br)cc1Oc1ccc(F)cc1F. The van der Waals surface area contributed by atoms with E-state index in [0.29, 0.717) is 12.3 Å². The van der Waals surface area contributed by atoms with Gasteiger partial charge in [0.15, 0.2) is 11.6 Å². The van der Waals surface area contributed by atoms with E-state index < -0.39 is 11.6 Å². The molecule has 2 rings (SSSR count). The Kier molecular flexibility index (Phi) is 4.50. The average Bonchev–Trinajstić information content (AvgIpc) is 2.36. The molecule has 0 unspecified atom stereocenters. The van der Waals surface area contributed by atoms with Gasteiger partial charge in [0.1, 0.15) is 11.6 Å². The van der Waals surface area contributed by atoms with Gasteiger partial charge in [0.2, 0.25) is 0 Å². The Labute approximate surface area is 118 Å². The molecule has 1 N–H and O–H groups in total. The van der Waals surface area contributed by atoms with Crippen molar-refractivity contribution in [2.24, 2.45) is 0 Å². The Bertz CT molecular complexity index is 590. The lowest BCUT2D eigenvalue weighted by Crippen LogP contribution is -2.06. The lowest BCUT2D eigenvalue weighted by Gasteiger charge is -2.12. The Balaban J connectivity index is 2.33. The highest BCUT2D eigenvalue weighted by atomic mass is 79.9. The maximum Gasteiger partial charge on any atom is 0.168 e. The molecule has 0 heterocycles. The van der Waals surface area contributed by atoms with Crippen LogP contribution in [-0.2, 0) is 6.54 Å². The van der Waals surface area contributed by atoms with Gasteiger partial charge in [-0.3, -0.25) is 0 Å². The molecule has 19 heavy (non-hydrogen) atoms. The van der Waals surface area contributed by atoms with E-state index in [0.717, 1.165) is 22.2 Å². The standard InChI is InChI=1S/C14H12BrF2NO/c1-18-8-9-2-3-10(15)6-14(9)19-13-5-4-11(16)7-12(13)17/h2-7,18H,8H2,1H3. The fraction of sp³-hybridized carbons (Fsp3) is 0.143. The fourth-order valence-electron chi connectivity index (χ4n) is 1.64. The molecule has 0 fully saturated rings. The van der Waals surface area contributed by atoms with E-state index in [1.807, 2.05) is 19.2 Å². The molecule has 0 atom stereocenters. The Morgan fingerprint density at radius 2 is 1.89 bits per heavy atom. The predicted molar refractivity (Wildman–Crippen MR) is 73.3 cm³/mol. The first-order chi connectivity index (χ1) is 9.10. The number of ether oxygens (including phenoxy) is 1. The van der Waals surface area contributed by atoms with Crippen molar-refractivity contribution < 1.29 is 13.5 Å². The van der Waals surface area contributed by atoms with Gasteiger partial charge in [-0.05, 0) is 31.3 Å². The number of rotatable bonds is 4. The van der Waals surface area contributed by atoms with E-state index in [9.17, 15) is 8.78 Å². The Morgan fingerprint density at radius 3 is 2.58 bits per heavy atom. The molecule has 0 amide bonds. The molecule has 0 spiro atoms. The minimum atomic E-state index is -0.726. The molecule has 2 aromatic carbocycles. The van der Waals surface area contributed by atoms with E-state index >= 15 is 0 Å². The van der Waals surface area contributed by atoms with Crippen molar-refractivity contribution in [3.05, 3.63) is 58.1 Å². The molecule has 0 aromatic heterocycles. The lowest BCUT2D eigenvalue weighted by atomic mass is 10.2. The monoisotopic (exact) mass is 327 g/mol. The van der Waals surface area contributed by atoms with Crippen LogP contribution in [0.3, 0.4) is 0 Å². The molecular weight excluding hydrogens is 316 g/mol. The van der Waals surface area contributed by atoms with Crippen LogP contribution >= 0.6 is 15.9 Å². The molecule has 0 saturated heterocycles. The zero-order valence-electron chi connectivity index (χ0n) is 10.2. The molecule has 0 saturated carbocycles. The molecule has 0 radical (unpaired) electrons. The van der Waals surface area contributed by atoms with Crippen molar-refractivity contribution >= 4 is 15.9 Å². The smallest absolute Gasteiger partial charge is 0.168 e. The Hall–Kier alpha value is -1.46. The summed E-state index contributed by atoms with van der Waals surface area (Å²) in [5, 5.41) is 3.00. The summed E-state index contributed by atoms with van der Waals surface area (Å²) in [7, 11) is 1.81. The highest BCUT2D eigenvalue weighted by molar-refractivity contribution is 9.10. The molecule has 2 aromatic rings. The molecule has 0 bridgehead atoms. The summed E-state index contributed by atoms with van der Waals surface area (Å²) >= 11 is 3.34.